The van der Waals surface area contributed by atoms with E-state index in [1.54, 1.807) is 0 Å². The molecule has 0 bridgehead atoms. The summed E-state index contributed by atoms with van der Waals surface area (Å²) >= 11 is 6.12. The summed E-state index contributed by atoms with van der Waals surface area (Å²) < 4.78 is 0. The van der Waals surface area contributed by atoms with Crippen molar-refractivity contribution in [3.05, 3.63) is 53.1 Å². The van der Waals surface area contributed by atoms with Crippen LogP contribution in [-0.4, -0.2) is 9.97 Å². The number of fused-ring (bicyclic) bond motifs is 1. The molecule has 3 heteroatoms. The minimum atomic E-state index is 0.767. The van der Waals surface area contributed by atoms with Crippen LogP contribution in [0.25, 0.3) is 22.4 Å². The first-order valence-electron chi connectivity index (χ1n) is 5.46. The maximum absolute atomic E-state index is 6.12. The third kappa shape index (κ3) is 1.71. The summed E-state index contributed by atoms with van der Waals surface area (Å²) in [6.07, 6.45) is 0. The van der Waals surface area contributed by atoms with Gasteiger partial charge in [0.05, 0.1) is 11.0 Å². The standard InChI is InChI=1S/C14H11ClN2/c1-9-10(5-4-6-11(9)15)14-16-12-7-2-3-8-13(12)17-14/h2-8H,1H3,(H,16,17). The van der Waals surface area contributed by atoms with Gasteiger partial charge in [0.15, 0.2) is 0 Å². The van der Waals surface area contributed by atoms with Gasteiger partial charge in [0.1, 0.15) is 5.82 Å². The Hall–Kier alpha value is -1.80. The Labute approximate surface area is 104 Å². The molecule has 1 N–H and O–H groups in total. The number of para-hydroxylation sites is 2. The summed E-state index contributed by atoms with van der Waals surface area (Å²) in [7, 11) is 0. The Morgan fingerprint density at radius 2 is 1.88 bits per heavy atom. The molecule has 17 heavy (non-hydrogen) atoms. The van der Waals surface area contributed by atoms with Crippen molar-refractivity contribution in [3.8, 4) is 11.4 Å². The maximum Gasteiger partial charge on any atom is 0.138 e. The molecule has 0 amide bonds. The van der Waals surface area contributed by atoms with Crippen LogP contribution < -0.4 is 0 Å². The minimum absolute atomic E-state index is 0.767. The van der Waals surface area contributed by atoms with Gasteiger partial charge in [-0.2, -0.15) is 0 Å². The first kappa shape index (κ1) is 10.4. The van der Waals surface area contributed by atoms with E-state index < -0.39 is 0 Å². The van der Waals surface area contributed by atoms with Crippen LogP contribution in [0.2, 0.25) is 5.02 Å². The third-order valence-electron chi connectivity index (χ3n) is 2.91. The molecule has 0 saturated carbocycles. The first-order valence-corrected chi connectivity index (χ1v) is 5.84. The lowest BCUT2D eigenvalue weighted by Gasteiger charge is -2.03. The first-order chi connectivity index (χ1) is 8.25. The Balaban J connectivity index is 2.24. The molecular weight excluding hydrogens is 232 g/mol. The van der Waals surface area contributed by atoms with Crippen molar-refractivity contribution in [3.63, 3.8) is 0 Å². The molecule has 1 heterocycles. The van der Waals surface area contributed by atoms with E-state index in [0.717, 1.165) is 33.0 Å². The van der Waals surface area contributed by atoms with Crippen molar-refractivity contribution in [2.45, 2.75) is 6.92 Å². The predicted molar refractivity (Wildman–Crippen MR) is 71.3 cm³/mol. The van der Waals surface area contributed by atoms with E-state index in [4.69, 9.17) is 11.6 Å². The van der Waals surface area contributed by atoms with Crippen LogP contribution in [0.5, 0.6) is 0 Å². The molecule has 84 valence electrons. The van der Waals surface area contributed by atoms with E-state index in [1.165, 1.54) is 0 Å². The molecule has 0 aliphatic rings. The lowest BCUT2D eigenvalue weighted by molar-refractivity contribution is 1.31. The summed E-state index contributed by atoms with van der Waals surface area (Å²) in [6, 6.07) is 13.9. The number of benzene rings is 2. The van der Waals surface area contributed by atoms with E-state index in [0.29, 0.717) is 0 Å². The van der Waals surface area contributed by atoms with Crippen molar-refractivity contribution in [2.75, 3.05) is 0 Å². The molecular formula is C14H11ClN2. The number of halogens is 1. The van der Waals surface area contributed by atoms with Gasteiger partial charge in [-0.25, -0.2) is 4.98 Å². The number of nitrogens with zero attached hydrogens (tertiary/aromatic N) is 1. The fraction of sp³-hybridized carbons (Fsp3) is 0.0714. The molecule has 0 unspecified atom stereocenters. The molecule has 0 aliphatic carbocycles. The molecule has 2 nitrogen and oxygen atoms in total. The number of H-pyrrole nitrogens is 1. The van der Waals surface area contributed by atoms with E-state index in [-0.39, 0.29) is 0 Å². The van der Waals surface area contributed by atoms with Crippen molar-refractivity contribution < 1.29 is 0 Å². The maximum atomic E-state index is 6.12. The average Bonchev–Trinajstić information content (AvgIpc) is 2.76. The van der Waals surface area contributed by atoms with Gasteiger partial charge >= 0.3 is 0 Å². The smallest absolute Gasteiger partial charge is 0.138 e. The predicted octanol–water partition coefficient (Wildman–Crippen LogP) is 4.19. The summed E-state index contributed by atoms with van der Waals surface area (Å²) in [4.78, 5) is 7.88. The Morgan fingerprint density at radius 1 is 1.06 bits per heavy atom. The highest BCUT2D eigenvalue weighted by Gasteiger charge is 2.08. The second kappa shape index (κ2) is 3.90. The lowest BCUT2D eigenvalue weighted by atomic mass is 10.1. The summed E-state index contributed by atoms with van der Waals surface area (Å²) in [5, 5.41) is 0.767. The third-order valence-corrected chi connectivity index (χ3v) is 3.32. The number of imidazole rings is 1. The molecule has 0 saturated heterocycles. The van der Waals surface area contributed by atoms with Crippen LogP contribution >= 0.6 is 11.6 Å². The number of hydrogen-bond donors (Lipinski definition) is 1. The van der Waals surface area contributed by atoms with Gasteiger partial charge < -0.3 is 4.98 Å². The average molecular weight is 243 g/mol. The van der Waals surface area contributed by atoms with Crippen LogP contribution in [-0.2, 0) is 0 Å². The van der Waals surface area contributed by atoms with Crippen LogP contribution in [0.1, 0.15) is 5.56 Å². The minimum Gasteiger partial charge on any atom is -0.338 e. The zero-order chi connectivity index (χ0) is 11.8. The van der Waals surface area contributed by atoms with Crippen molar-refractivity contribution >= 4 is 22.6 Å². The van der Waals surface area contributed by atoms with E-state index in [9.17, 15) is 0 Å². The number of nitrogens with one attached hydrogen (secondary N) is 1. The molecule has 1 aromatic heterocycles. The molecule has 0 fully saturated rings. The van der Waals surface area contributed by atoms with Crippen molar-refractivity contribution in [1.82, 2.24) is 9.97 Å². The highest BCUT2D eigenvalue weighted by Crippen LogP contribution is 2.27. The zero-order valence-corrected chi connectivity index (χ0v) is 10.1. The van der Waals surface area contributed by atoms with E-state index >= 15 is 0 Å². The molecule has 2 aromatic carbocycles. The fourth-order valence-electron chi connectivity index (χ4n) is 1.94. The molecule has 0 atom stereocenters. The van der Waals surface area contributed by atoms with Crippen LogP contribution in [0.4, 0.5) is 0 Å². The van der Waals surface area contributed by atoms with Gasteiger partial charge in [-0.1, -0.05) is 35.9 Å². The number of rotatable bonds is 1. The van der Waals surface area contributed by atoms with Gasteiger partial charge in [-0.15, -0.1) is 0 Å². The molecule has 0 aliphatic heterocycles. The van der Waals surface area contributed by atoms with Gasteiger partial charge in [-0.05, 0) is 30.7 Å². The van der Waals surface area contributed by atoms with Crippen LogP contribution in [0.15, 0.2) is 42.5 Å². The van der Waals surface area contributed by atoms with E-state index in [1.807, 2.05) is 49.4 Å². The Morgan fingerprint density at radius 3 is 2.71 bits per heavy atom. The summed E-state index contributed by atoms with van der Waals surface area (Å²) in [5.74, 6) is 0.867. The number of aromatic amines is 1. The van der Waals surface area contributed by atoms with Crippen molar-refractivity contribution in [2.24, 2.45) is 0 Å². The topological polar surface area (TPSA) is 28.7 Å². The molecule has 0 radical (unpaired) electrons. The van der Waals surface area contributed by atoms with Gasteiger partial charge in [0, 0.05) is 10.6 Å². The quantitative estimate of drug-likeness (QED) is 0.681. The zero-order valence-electron chi connectivity index (χ0n) is 9.37. The van der Waals surface area contributed by atoms with Crippen LogP contribution in [0, 0.1) is 6.92 Å². The normalized spacial score (nSPS) is 10.9. The van der Waals surface area contributed by atoms with Crippen molar-refractivity contribution in [1.29, 1.82) is 0 Å². The Kier molecular flexibility index (Phi) is 2.37. The number of hydrogen-bond acceptors (Lipinski definition) is 1. The molecule has 3 rings (SSSR count). The molecule has 0 spiro atoms. The van der Waals surface area contributed by atoms with E-state index in [2.05, 4.69) is 9.97 Å². The monoisotopic (exact) mass is 242 g/mol. The highest BCUT2D eigenvalue weighted by molar-refractivity contribution is 6.31. The largest absolute Gasteiger partial charge is 0.338 e. The summed E-state index contributed by atoms with van der Waals surface area (Å²) in [5.41, 5.74) is 4.12. The fourth-order valence-corrected chi connectivity index (χ4v) is 2.12. The van der Waals surface area contributed by atoms with Gasteiger partial charge in [0.25, 0.3) is 0 Å². The summed E-state index contributed by atoms with van der Waals surface area (Å²) in [6.45, 7) is 2.00. The lowest BCUT2D eigenvalue weighted by Crippen LogP contribution is -1.85. The number of aromatic nitrogens is 2. The second-order valence-corrected chi connectivity index (χ2v) is 4.42. The SMILES string of the molecule is Cc1c(Cl)cccc1-c1nc2ccccc2[nH]1. The second-order valence-electron chi connectivity index (χ2n) is 4.01. The van der Waals surface area contributed by atoms with Gasteiger partial charge in [-0.3, -0.25) is 0 Å². The van der Waals surface area contributed by atoms with Gasteiger partial charge in [0.2, 0.25) is 0 Å². The Bertz CT molecular complexity index is 653. The van der Waals surface area contributed by atoms with Crippen LogP contribution in [0.3, 0.4) is 0 Å². The molecule has 3 aromatic rings. The highest BCUT2D eigenvalue weighted by atomic mass is 35.5.